The van der Waals surface area contributed by atoms with Crippen LogP contribution in [-0.4, -0.2) is 11.8 Å². The second-order valence-electron chi connectivity index (χ2n) is 4.72. The molecule has 0 spiro atoms. The lowest BCUT2D eigenvalue weighted by atomic mass is 10.2. The summed E-state index contributed by atoms with van der Waals surface area (Å²) < 4.78 is 43.1. The standard InChI is InChI=1S/C16H12N3.BF4/c17-12-14-6-8-16(9-7-14)19-11-10-18(13-19)15-4-2-1-3-5-15;2-1(3,4)5/h1-11,13H;/q+1;-1. The molecule has 1 aromatic heterocycles. The molecular formula is C16H12BF4N3. The minimum Gasteiger partial charge on any atom is -0.418 e. The summed E-state index contributed by atoms with van der Waals surface area (Å²) in [6.45, 7) is 0. The fourth-order valence-electron chi connectivity index (χ4n) is 1.97. The molecule has 0 aliphatic carbocycles. The van der Waals surface area contributed by atoms with Crippen LogP contribution in [0.25, 0.3) is 11.4 Å². The average molecular weight is 333 g/mol. The molecule has 0 saturated carbocycles. The minimum atomic E-state index is -6.00. The highest BCUT2D eigenvalue weighted by Crippen LogP contribution is 2.07. The number of para-hydroxylation sites is 1. The number of benzene rings is 2. The topological polar surface area (TPSA) is 32.6 Å². The van der Waals surface area contributed by atoms with Crippen LogP contribution in [0, 0.1) is 11.3 Å². The van der Waals surface area contributed by atoms with Gasteiger partial charge in [0.05, 0.1) is 11.6 Å². The van der Waals surface area contributed by atoms with Gasteiger partial charge in [-0.1, -0.05) is 18.2 Å². The largest absolute Gasteiger partial charge is 0.673 e. The van der Waals surface area contributed by atoms with Crippen LogP contribution in [0.3, 0.4) is 0 Å². The maximum absolute atomic E-state index is 9.75. The maximum Gasteiger partial charge on any atom is 0.673 e. The van der Waals surface area contributed by atoms with Crippen molar-refractivity contribution in [3.8, 4) is 17.4 Å². The first-order chi connectivity index (χ1) is 11.4. The highest BCUT2D eigenvalue weighted by molar-refractivity contribution is 6.50. The Bertz CT molecular complexity index is 815. The molecule has 0 radical (unpaired) electrons. The summed E-state index contributed by atoms with van der Waals surface area (Å²) in [7, 11) is -6.00. The van der Waals surface area contributed by atoms with Crippen molar-refractivity contribution in [3.05, 3.63) is 78.9 Å². The summed E-state index contributed by atoms with van der Waals surface area (Å²) >= 11 is 0. The molecule has 0 bridgehead atoms. The number of nitriles is 1. The fraction of sp³-hybridized carbons (Fsp3) is 0. The Labute approximate surface area is 136 Å². The molecule has 0 aliphatic heterocycles. The van der Waals surface area contributed by atoms with Crippen LogP contribution < -0.4 is 4.57 Å². The first kappa shape index (κ1) is 17.3. The molecule has 1 heterocycles. The minimum absolute atomic E-state index is 0.673. The van der Waals surface area contributed by atoms with Gasteiger partial charge < -0.3 is 17.3 Å². The predicted octanol–water partition coefficient (Wildman–Crippen LogP) is 3.93. The zero-order valence-electron chi connectivity index (χ0n) is 12.4. The lowest BCUT2D eigenvalue weighted by Crippen LogP contribution is -2.27. The molecule has 2 aromatic carbocycles. The van der Waals surface area contributed by atoms with Crippen molar-refractivity contribution < 1.29 is 21.8 Å². The van der Waals surface area contributed by atoms with Crippen LogP contribution in [0.15, 0.2) is 73.3 Å². The summed E-state index contributed by atoms with van der Waals surface area (Å²) in [6.07, 6.45) is 6.01. The van der Waals surface area contributed by atoms with Crippen LogP contribution in [0.4, 0.5) is 17.3 Å². The molecule has 3 nitrogen and oxygen atoms in total. The van der Waals surface area contributed by atoms with Gasteiger partial charge in [-0.2, -0.15) is 5.26 Å². The third kappa shape index (κ3) is 5.28. The summed E-state index contributed by atoms with van der Waals surface area (Å²) in [5, 5.41) is 8.79. The Kier molecular flexibility index (Phi) is 5.37. The Balaban J connectivity index is 0.000000368. The van der Waals surface area contributed by atoms with Gasteiger partial charge in [0, 0.05) is 0 Å². The molecular weight excluding hydrogens is 321 g/mol. The number of aromatic nitrogens is 2. The Morgan fingerprint density at radius 2 is 1.50 bits per heavy atom. The van der Waals surface area contributed by atoms with Gasteiger partial charge in [0.1, 0.15) is 23.8 Å². The van der Waals surface area contributed by atoms with Crippen molar-refractivity contribution in [2.45, 2.75) is 0 Å². The molecule has 3 rings (SSSR count). The van der Waals surface area contributed by atoms with Gasteiger partial charge in [-0.25, -0.2) is 9.13 Å². The second kappa shape index (κ2) is 7.46. The van der Waals surface area contributed by atoms with Crippen LogP contribution in [0.1, 0.15) is 5.56 Å². The third-order valence-corrected chi connectivity index (χ3v) is 2.99. The van der Waals surface area contributed by atoms with Crippen molar-refractivity contribution in [1.82, 2.24) is 4.57 Å². The molecule has 24 heavy (non-hydrogen) atoms. The number of imidazole rings is 1. The molecule has 122 valence electrons. The summed E-state index contributed by atoms with van der Waals surface area (Å²) in [5.41, 5.74) is 2.83. The van der Waals surface area contributed by atoms with Gasteiger partial charge >= 0.3 is 7.25 Å². The third-order valence-electron chi connectivity index (χ3n) is 2.99. The number of hydrogen-bond acceptors (Lipinski definition) is 1. The molecule has 0 amide bonds. The molecule has 0 unspecified atom stereocenters. The van der Waals surface area contributed by atoms with E-state index in [1.807, 2.05) is 65.8 Å². The first-order valence-electron chi connectivity index (χ1n) is 6.89. The molecule has 0 saturated heterocycles. The summed E-state index contributed by atoms with van der Waals surface area (Å²) in [5.74, 6) is 0. The Morgan fingerprint density at radius 3 is 2.04 bits per heavy atom. The van der Waals surface area contributed by atoms with E-state index in [9.17, 15) is 17.3 Å². The van der Waals surface area contributed by atoms with E-state index in [4.69, 9.17) is 5.26 Å². The van der Waals surface area contributed by atoms with Crippen LogP contribution in [0.2, 0.25) is 0 Å². The van der Waals surface area contributed by atoms with E-state index in [0.29, 0.717) is 5.56 Å². The molecule has 0 atom stereocenters. The Hall–Kier alpha value is -3.08. The summed E-state index contributed by atoms with van der Waals surface area (Å²) in [6, 6.07) is 19.8. The van der Waals surface area contributed by atoms with Gasteiger partial charge in [0.2, 0.25) is 0 Å². The highest BCUT2D eigenvalue weighted by Gasteiger charge is 2.20. The normalized spacial score (nSPS) is 10.5. The van der Waals surface area contributed by atoms with E-state index in [-0.39, 0.29) is 0 Å². The molecule has 3 aromatic rings. The number of halogens is 4. The zero-order valence-corrected chi connectivity index (χ0v) is 12.4. The van der Waals surface area contributed by atoms with Crippen molar-refractivity contribution in [3.63, 3.8) is 0 Å². The van der Waals surface area contributed by atoms with Gasteiger partial charge in [-0.05, 0) is 36.4 Å². The van der Waals surface area contributed by atoms with E-state index in [1.54, 1.807) is 0 Å². The maximum atomic E-state index is 9.75. The second-order valence-corrected chi connectivity index (χ2v) is 4.72. The van der Waals surface area contributed by atoms with Crippen molar-refractivity contribution in [2.24, 2.45) is 0 Å². The SMILES string of the molecule is F[B-](F)(F)F.N#Cc1ccc(-[n+]2ccn(-c3ccccc3)c2)cc1. The smallest absolute Gasteiger partial charge is 0.418 e. The van der Waals surface area contributed by atoms with Gasteiger partial charge in [-0.3, -0.25) is 0 Å². The monoisotopic (exact) mass is 333 g/mol. The van der Waals surface area contributed by atoms with Gasteiger partial charge in [-0.15, -0.1) is 0 Å². The van der Waals surface area contributed by atoms with Gasteiger partial charge in [0.15, 0.2) is 0 Å². The predicted molar refractivity (Wildman–Crippen MR) is 82.2 cm³/mol. The highest BCUT2D eigenvalue weighted by atomic mass is 19.5. The molecule has 0 fully saturated rings. The lowest BCUT2D eigenvalue weighted by molar-refractivity contribution is -0.594. The van der Waals surface area contributed by atoms with Crippen molar-refractivity contribution in [2.75, 3.05) is 0 Å². The first-order valence-corrected chi connectivity index (χ1v) is 6.89. The quantitative estimate of drug-likeness (QED) is 0.397. The average Bonchev–Trinajstić information content (AvgIpc) is 3.04. The number of rotatable bonds is 2. The number of nitrogens with zero attached hydrogens (tertiary/aromatic N) is 3. The summed E-state index contributed by atoms with van der Waals surface area (Å²) in [4.78, 5) is 0. The number of hydrogen-bond donors (Lipinski definition) is 0. The molecule has 8 heteroatoms. The lowest BCUT2D eigenvalue weighted by Gasteiger charge is -1.96. The van der Waals surface area contributed by atoms with Crippen LogP contribution >= 0.6 is 0 Å². The fourth-order valence-corrected chi connectivity index (χ4v) is 1.97. The van der Waals surface area contributed by atoms with E-state index < -0.39 is 7.25 Å². The van der Waals surface area contributed by atoms with E-state index in [2.05, 4.69) is 22.8 Å². The van der Waals surface area contributed by atoms with Crippen molar-refractivity contribution >= 4 is 7.25 Å². The van der Waals surface area contributed by atoms with Crippen LogP contribution in [0.5, 0.6) is 0 Å². The van der Waals surface area contributed by atoms with Gasteiger partial charge in [0.25, 0.3) is 6.33 Å². The van der Waals surface area contributed by atoms with E-state index in [1.165, 1.54) is 0 Å². The van der Waals surface area contributed by atoms with Crippen LogP contribution in [-0.2, 0) is 0 Å². The Morgan fingerprint density at radius 1 is 0.917 bits per heavy atom. The van der Waals surface area contributed by atoms with Crippen molar-refractivity contribution in [1.29, 1.82) is 5.26 Å². The molecule has 0 aliphatic rings. The van der Waals surface area contributed by atoms with E-state index in [0.717, 1.165) is 11.4 Å². The van der Waals surface area contributed by atoms with E-state index >= 15 is 0 Å². The molecule has 0 N–H and O–H groups in total. The zero-order chi connectivity index (χ0) is 17.6.